The Bertz CT molecular complexity index is 1290. The number of carbonyl (C=O) groups is 3. The number of hydrogen-bond donors (Lipinski definition) is 3. The third kappa shape index (κ3) is 8.76. The van der Waals surface area contributed by atoms with Crippen molar-refractivity contribution >= 4 is 29.2 Å². The zero-order valence-electron chi connectivity index (χ0n) is 26.9. The zero-order valence-corrected chi connectivity index (χ0v) is 26.9. The number of urea groups is 1. The van der Waals surface area contributed by atoms with E-state index < -0.39 is 12.1 Å². The number of likely N-dealkylation sites (N-methyl/N-ethyl adjacent to an activating group) is 2. The van der Waals surface area contributed by atoms with Crippen molar-refractivity contribution in [2.75, 3.05) is 62.7 Å². The van der Waals surface area contributed by atoms with Crippen LogP contribution < -0.4 is 20.4 Å². The molecular weight excluding hydrogens is 568 g/mol. The molecule has 2 aromatic carbocycles. The molecule has 0 aromatic heterocycles. The number of nitrogens with zero attached hydrogens (tertiary/aromatic N) is 4. The van der Waals surface area contributed by atoms with Crippen LogP contribution in [0.1, 0.15) is 67.8 Å². The monoisotopic (exact) mass is 618 g/mol. The highest BCUT2D eigenvalue weighted by Crippen LogP contribution is 2.29. The van der Waals surface area contributed by atoms with E-state index in [0.717, 1.165) is 75.2 Å². The van der Waals surface area contributed by atoms with E-state index in [2.05, 4.69) is 27.5 Å². The molecule has 0 spiro atoms. The standard InChI is InChI=1S/C35H50N6O4/c1-3-39(35(45)36-28-13-8-5-9-14-28)25-32(42)31(21-26-11-6-4-7-12-26)37-34(44)27-22-29(40-19-17-38(2)18-20-40)24-30(23-27)41-16-10-15-33(41)43/h4,6-7,11-12,22-24,28,31-32,42H,3,5,8-10,13-21,25H2,1-2H3,(H,36,45)(H,37,44). The molecule has 2 unspecified atom stereocenters. The number of aliphatic hydroxyl groups is 1. The molecule has 3 N–H and O–H groups in total. The summed E-state index contributed by atoms with van der Waals surface area (Å²) in [6, 6.07) is 14.8. The van der Waals surface area contributed by atoms with E-state index in [1.807, 2.05) is 49.4 Å². The third-order valence-electron chi connectivity index (χ3n) is 9.51. The Morgan fingerprint density at radius 3 is 2.33 bits per heavy atom. The molecule has 10 nitrogen and oxygen atoms in total. The van der Waals surface area contributed by atoms with Gasteiger partial charge in [0.1, 0.15) is 0 Å². The first kappa shape index (κ1) is 32.8. The van der Waals surface area contributed by atoms with Gasteiger partial charge in [-0.15, -0.1) is 0 Å². The first-order chi connectivity index (χ1) is 21.8. The summed E-state index contributed by atoms with van der Waals surface area (Å²) in [5.74, 6) is -0.242. The van der Waals surface area contributed by atoms with Crippen LogP contribution in [0.25, 0.3) is 0 Å². The Morgan fingerprint density at radius 1 is 0.956 bits per heavy atom. The SMILES string of the molecule is CCN(CC(O)C(Cc1ccccc1)NC(=O)c1cc(N2CCN(C)CC2)cc(N2CCCC2=O)c1)C(=O)NC1CCCCC1. The molecule has 244 valence electrons. The molecular formula is C35H50N6O4. The van der Waals surface area contributed by atoms with Crippen LogP contribution in [0, 0.1) is 0 Å². The summed E-state index contributed by atoms with van der Waals surface area (Å²) in [7, 11) is 2.10. The van der Waals surface area contributed by atoms with Gasteiger partial charge in [-0.3, -0.25) is 9.59 Å². The predicted molar refractivity (Wildman–Crippen MR) is 178 cm³/mol. The van der Waals surface area contributed by atoms with Crippen LogP contribution in [0.15, 0.2) is 48.5 Å². The van der Waals surface area contributed by atoms with Crippen molar-refractivity contribution in [3.63, 3.8) is 0 Å². The number of rotatable bonds is 11. The summed E-state index contributed by atoms with van der Waals surface area (Å²) in [6.45, 7) is 6.59. The lowest BCUT2D eigenvalue weighted by molar-refractivity contribution is -0.117. The summed E-state index contributed by atoms with van der Waals surface area (Å²) in [4.78, 5) is 47.8. The molecule has 45 heavy (non-hydrogen) atoms. The fourth-order valence-corrected chi connectivity index (χ4v) is 6.67. The van der Waals surface area contributed by atoms with Gasteiger partial charge in [0, 0.05) is 68.7 Å². The number of carbonyl (C=O) groups excluding carboxylic acids is 3. The van der Waals surface area contributed by atoms with Gasteiger partial charge in [-0.1, -0.05) is 49.6 Å². The Kier molecular flexibility index (Phi) is 11.3. The summed E-state index contributed by atoms with van der Waals surface area (Å²) < 4.78 is 0. The van der Waals surface area contributed by atoms with Gasteiger partial charge in [0.2, 0.25) is 5.91 Å². The average molecular weight is 619 g/mol. The molecule has 0 radical (unpaired) electrons. The second-order valence-corrected chi connectivity index (χ2v) is 12.8. The number of aliphatic hydroxyl groups excluding tert-OH is 1. The van der Waals surface area contributed by atoms with E-state index in [1.165, 1.54) is 6.42 Å². The van der Waals surface area contributed by atoms with Crippen molar-refractivity contribution in [1.29, 1.82) is 0 Å². The van der Waals surface area contributed by atoms with Gasteiger partial charge in [-0.25, -0.2) is 4.79 Å². The first-order valence-electron chi connectivity index (χ1n) is 16.8. The van der Waals surface area contributed by atoms with Gasteiger partial charge in [-0.2, -0.15) is 0 Å². The van der Waals surface area contributed by atoms with Gasteiger partial charge in [0.05, 0.1) is 18.7 Å². The molecule has 10 heteroatoms. The molecule has 3 fully saturated rings. The lowest BCUT2D eigenvalue weighted by Crippen LogP contribution is -2.53. The maximum absolute atomic E-state index is 14.0. The highest BCUT2D eigenvalue weighted by atomic mass is 16.3. The van der Waals surface area contributed by atoms with Crippen LogP contribution in [0.3, 0.4) is 0 Å². The molecule has 4 amide bonds. The number of anilines is 2. The summed E-state index contributed by atoms with van der Waals surface area (Å²) in [5.41, 5.74) is 3.08. The molecule has 0 bridgehead atoms. The quantitative estimate of drug-likeness (QED) is 0.355. The molecule has 2 atom stereocenters. The van der Waals surface area contributed by atoms with Crippen LogP contribution >= 0.6 is 0 Å². The van der Waals surface area contributed by atoms with E-state index in [9.17, 15) is 19.5 Å². The Hall–Kier alpha value is -3.63. The lowest BCUT2D eigenvalue weighted by Gasteiger charge is -2.35. The first-order valence-corrected chi connectivity index (χ1v) is 16.8. The van der Waals surface area contributed by atoms with Crippen molar-refractivity contribution in [2.24, 2.45) is 0 Å². The van der Waals surface area contributed by atoms with E-state index in [1.54, 1.807) is 15.9 Å². The second kappa shape index (κ2) is 15.6. The van der Waals surface area contributed by atoms with Gasteiger partial charge >= 0.3 is 6.03 Å². The van der Waals surface area contributed by atoms with Crippen molar-refractivity contribution in [3.8, 4) is 0 Å². The number of piperazine rings is 1. The van der Waals surface area contributed by atoms with Crippen molar-refractivity contribution in [2.45, 2.75) is 76.5 Å². The molecule has 2 aliphatic heterocycles. The molecule has 3 aliphatic rings. The van der Waals surface area contributed by atoms with Crippen LogP contribution in [0.4, 0.5) is 16.2 Å². The van der Waals surface area contributed by atoms with Gasteiger partial charge in [-0.05, 0) is 63.4 Å². The van der Waals surface area contributed by atoms with E-state index in [4.69, 9.17) is 0 Å². The summed E-state index contributed by atoms with van der Waals surface area (Å²) in [5, 5.41) is 17.8. The number of benzene rings is 2. The van der Waals surface area contributed by atoms with Crippen LogP contribution in [-0.4, -0.2) is 104 Å². The summed E-state index contributed by atoms with van der Waals surface area (Å²) >= 11 is 0. The fraction of sp³-hybridized carbons (Fsp3) is 0.571. The minimum atomic E-state index is -0.994. The smallest absolute Gasteiger partial charge is 0.317 e. The lowest BCUT2D eigenvalue weighted by atomic mass is 9.96. The van der Waals surface area contributed by atoms with Crippen LogP contribution in [-0.2, 0) is 11.2 Å². The van der Waals surface area contributed by atoms with Crippen molar-refractivity contribution in [3.05, 3.63) is 59.7 Å². The van der Waals surface area contributed by atoms with E-state index >= 15 is 0 Å². The van der Waals surface area contributed by atoms with Gasteiger partial charge < -0.3 is 35.3 Å². The number of amides is 4. The molecule has 2 aromatic rings. The second-order valence-electron chi connectivity index (χ2n) is 12.8. The Balaban J connectivity index is 1.36. The fourth-order valence-electron chi connectivity index (χ4n) is 6.67. The zero-order chi connectivity index (χ0) is 31.8. The van der Waals surface area contributed by atoms with Gasteiger partial charge in [0.15, 0.2) is 0 Å². The molecule has 1 aliphatic carbocycles. The van der Waals surface area contributed by atoms with Crippen LogP contribution in [0.2, 0.25) is 0 Å². The minimum absolute atomic E-state index is 0.0698. The maximum Gasteiger partial charge on any atom is 0.317 e. The van der Waals surface area contributed by atoms with E-state index in [0.29, 0.717) is 31.5 Å². The van der Waals surface area contributed by atoms with Crippen molar-refractivity contribution in [1.82, 2.24) is 20.4 Å². The Labute approximate surface area is 267 Å². The topological polar surface area (TPSA) is 108 Å². The molecule has 1 saturated carbocycles. The molecule has 2 heterocycles. The van der Waals surface area contributed by atoms with Crippen LogP contribution in [0.5, 0.6) is 0 Å². The minimum Gasteiger partial charge on any atom is -0.389 e. The third-order valence-corrected chi connectivity index (χ3v) is 9.51. The number of nitrogens with one attached hydrogen (secondary N) is 2. The normalized spacial score (nSPS) is 19.3. The van der Waals surface area contributed by atoms with E-state index in [-0.39, 0.29) is 30.4 Å². The maximum atomic E-state index is 14.0. The van der Waals surface area contributed by atoms with Gasteiger partial charge in [0.25, 0.3) is 5.91 Å². The largest absolute Gasteiger partial charge is 0.389 e. The average Bonchev–Trinajstić information content (AvgIpc) is 3.49. The molecule has 2 saturated heterocycles. The summed E-state index contributed by atoms with van der Waals surface area (Å²) in [6.07, 6.45) is 6.13. The molecule has 5 rings (SSSR count). The highest BCUT2D eigenvalue weighted by molar-refractivity contribution is 6.00. The number of hydrogen-bond acceptors (Lipinski definition) is 6. The Morgan fingerprint density at radius 2 is 1.67 bits per heavy atom. The predicted octanol–water partition coefficient (Wildman–Crippen LogP) is 3.63. The highest BCUT2D eigenvalue weighted by Gasteiger charge is 2.29. The van der Waals surface area contributed by atoms with Crippen molar-refractivity contribution < 1.29 is 19.5 Å².